The van der Waals surface area contributed by atoms with Gasteiger partial charge in [-0.25, -0.2) is 13.6 Å². The average Bonchev–Trinajstić information content (AvgIpc) is 2.75. The van der Waals surface area contributed by atoms with Crippen molar-refractivity contribution in [2.45, 2.75) is 9.81 Å². The van der Waals surface area contributed by atoms with Crippen molar-refractivity contribution in [2.24, 2.45) is 5.73 Å². The summed E-state index contributed by atoms with van der Waals surface area (Å²) in [6.45, 7) is 0. The normalized spacial score (nSPS) is 21.8. The number of primary amides is 1. The number of carbonyl (C=O) groups is 2. The molecule has 1 aliphatic rings. The Balaban J connectivity index is 2.04. The first-order valence-electron chi connectivity index (χ1n) is 9.36. The van der Waals surface area contributed by atoms with Crippen molar-refractivity contribution >= 4 is 63.8 Å². The fraction of sp³-hybridized carbons (Fsp3) is 0.136. The van der Waals surface area contributed by atoms with Crippen molar-refractivity contribution in [3.8, 4) is 0 Å². The molecule has 0 heterocycles. The number of anilines is 1. The van der Waals surface area contributed by atoms with Crippen LogP contribution in [0.4, 0.5) is 19.3 Å². The molecule has 5 N–H and O–H groups in total. The first-order valence-corrected chi connectivity index (χ1v) is 11.4. The van der Waals surface area contributed by atoms with Crippen LogP contribution in [0.15, 0.2) is 60.7 Å². The number of carbonyl (C=O) groups excluding carboxylic acids is 2. The highest BCUT2D eigenvalue weighted by Crippen LogP contribution is 2.46. The highest BCUT2D eigenvalue weighted by molar-refractivity contribution is 8.00. The number of thioether (sulfide) groups is 1. The summed E-state index contributed by atoms with van der Waals surface area (Å²) in [6, 6.07) is 8.63. The lowest BCUT2D eigenvalue weighted by molar-refractivity contribution is 0.101. The number of benzene rings is 2. The number of hydrogen-bond acceptors (Lipinski definition) is 5. The fourth-order valence-electron chi connectivity index (χ4n) is 3.25. The number of nitrogens with two attached hydrogens (primary N) is 1. The molecule has 2 aromatic carbocycles. The molecular weight excluding hydrogens is 492 g/mol. The number of amides is 3. The molecule has 0 fully saturated rings. The molecule has 0 radical (unpaired) electrons. The van der Waals surface area contributed by atoms with Gasteiger partial charge in [0.25, 0.3) is 5.91 Å². The van der Waals surface area contributed by atoms with E-state index in [-0.39, 0.29) is 10.7 Å². The third kappa shape index (κ3) is 4.79. The number of allylic oxidation sites excluding steroid dienone is 2. The topological polar surface area (TPSA) is 104 Å². The molecule has 0 bridgehead atoms. The monoisotopic (exact) mass is 509 g/mol. The Morgan fingerprint density at radius 2 is 1.79 bits per heavy atom. The number of urea groups is 1. The molecule has 0 aromatic heterocycles. The van der Waals surface area contributed by atoms with Crippen LogP contribution in [0.5, 0.6) is 0 Å². The summed E-state index contributed by atoms with van der Waals surface area (Å²) in [6.07, 6.45) is 5.96. The third-order valence-electron chi connectivity index (χ3n) is 4.92. The summed E-state index contributed by atoms with van der Waals surface area (Å²) in [5.41, 5.74) is 5.50. The first kappa shape index (κ1) is 24.8. The van der Waals surface area contributed by atoms with Gasteiger partial charge in [0.2, 0.25) is 0 Å². The molecule has 33 heavy (non-hydrogen) atoms. The van der Waals surface area contributed by atoms with E-state index in [1.54, 1.807) is 30.5 Å². The van der Waals surface area contributed by atoms with Crippen LogP contribution in [0.2, 0.25) is 0 Å². The van der Waals surface area contributed by atoms with Crippen molar-refractivity contribution < 1.29 is 23.5 Å². The summed E-state index contributed by atoms with van der Waals surface area (Å²) in [7, 11) is 0. The van der Waals surface area contributed by atoms with Crippen LogP contribution < -0.4 is 16.4 Å². The Labute approximate surface area is 202 Å². The van der Waals surface area contributed by atoms with E-state index in [4.69, 9.17) is 29.6 Å². The van der Waals surface area contributed by atoms with Gasteiger partial charge in [-0.1, -0.05) is 42.6 Å². The maximum absolute atomic E-state index is 14.0. The number of hydrogen-bond donors (Lipinski definition) is 4. The Morgan fingerprint density at radius 1 is 1.15 bits per heavy atom. The largest absolute Gasteiger partial charge is 0.373 e. The molecule has 3 amide bonds. The van der Waals surface area contributed by atoms with Gasteiger partial charge in [-0.15, -0.1) is 23.4 Å². The zero-order valence-electron chi connectivity index (χ0n) is 17.1. The maximum Gasteiger partial charge on any atom is 0.317 e. The van der Waals surface area contributed by atoms with Gasteiger partial charge in [-0.2, -0.15) is 0 Å². The molecule has 11 heteroatoms. The van der Waals surface area contributed by atoms with Crippen LogP contribution in [-0.4, -0.2) is 38.1 Å². The van der Waals surface area contributed by atoms with Crippen LogP contribution >= 0.6 is 35.6 Å². The van der Waals surface area contributed by atoms with Gasteiger partial charge in [0, 0.05) is 11.3 Å². The minimum atomic E-state index is -1.78. The zero-order chi connectivity index (χ0) is 24.4. The first-order chi connectivity index (χ1) is 15.5. The van der Waals surface area contributed by atoms with Crippen LogP contribution in [0, 0.1) is 11.6 Å². The Kier molecular flexibility index (Phi) is 7.23. The van der Waals surface area contributed by atoms with Gasteiger partial charge in [0.1, 0.15) is 22.2 Å². The summed E-state index contributed by atoms with van der Waals surface area (Å²) < 4.78 is 28.1. The van der Waals surface area contributed by atoms with E-state index in [0.29, 0.717) is 11.1 Å². The molecule has 3 rings (SSSR count). The van der Waals surface area contributed by atoms with Gasteiger partial charge in [0.05, 0.1) is 0 Å². The van der Waals surface area contributed by atoms with E-state index in [1.807, 2.05) is 0 Å². The standard InChI is InChI=1S/C22H18ClF2N3O3S2/c1-33-22(31)10-9-12(11-21(22,23)19(32)28-20(26)30)13-5-2-3-8-16(13)27-18(29)17-14(24)6-4-7-15(17)25/h2-11,31H,1H3,(H,27,29)(H3,26,28,30,32). The molecule has 1 aliphatic carbocycles. The molecule has 0 aliphatic heterocycles. The van der Waals surface area contributed by atoms with E-state index < -0.39 is 38.9 Å². The van der Waals surface area contributed by atoms with Gasteiger partial charge in [-0.3, -0.25) is 4.79 Å². The van der Waals surface area contributed by atoms with E-state index in [1.165, 1.54) is 18.2 Å². The third-order valence-corrected chi connectivity index (χ3v) is 7.23. The van der Waals surface area contributed by atoms with Crippen molar-refractivity contribution in [3.05, 3.63) is 83.5 Å². The summed E-state index contributed by atoms with van der Waals surface area (Å²) >= 11 is 12.9. The Morgan fingerprint density at radius 3 is 2.39 bits per heavy atom. The van der Waals surface area contributed by atoms with Gasteiger partial charge in [-0.05, 0) is 42.2 Å². The van der Waals surface area contributed by atoms with Gasteiger partial charge < -0.3 is 21.5 Å². The van der Waals surface area contributed by atoms with E-state index >= 15 is 0 Å². The van der Waals surface area contributed by atoms with E-state index in [0.717, 1.165) is 30.0 Å². The number of thiocarbonyl (C=S) groups is 1. The minimum absolute atomic E-state index is 0.225. The van der Waals surface area contributed by atoms with Crippen LogP contribution in [0.25, 0.3) is 5.57 Å². The number of alkyl halides is 1. The Bertz CT molecular complexity index is 1190. The summed E-state index contributed by atoms with van der Waals surface area (Å²) in [4.78, 5) is 20.2. The van der Waals surface area contributed by atoms with Crippen LogP contribution in [0.3, 0.4) is 0 Å². The second-order valence-electron chi connectivity index (χ2n) is 6.96. The van der Waals surface area contributed by atoms with Gasteiger partial charge >= 0.3 is 6.03 Å². The Hall–Kier alpha value is -2.79. The zero-order valence-corrected chi connectivity index (χ0v) is 19.5. The smallest absolute Gasteiger partial charge is 0.317 e. The fourth-order valence-corrected chi connectivity index (χ4v) is 4.75. The summed E-state index contributed by atoms with van der Waals surface area (Å²) in [5, 5.41) is 15.8. The number of halogens is 3. The molecule has 172 valence electrons. The second-order valence-corrected chi connectivity index (χ2v) is 9.00. The maximum atomic E-state index is 14.0. The molecular formula is C22H18ClF2N3O3S2. The molecule has 0 spiro atoms. The van der Waals surface area contributed by atoms with Crippen molar-refractivity contribution in [1.29, 1.82) is 0 Å². The van der Waals surface area contributed by atoms with Crippen LogP contribution in [-0.2, 0) is 0 Å². The highest BCUT2D eigenvalue weighted by atomic mass is 35.5. The summed E-state index contributed by atoms with van der Waals surface area (Å²) in [5.74, 6) is -2.99. The van der Waals surface area contributed by atoms with Gasteiger partial charge in [0.15, 0.2) is 9.81 Å². The molecule has 2 aromatic rings. The molecule has 2 unspecified atom stereocenters. The number of aliphatic hydroxyl groups is 1. The SMILES string of the molecule is CSC1(O)C=CC(c2ccccc2NC(=O)c2c(F)cccc2F)=CC1(Cl)C(=S)NC(N)=O. The van der Waals surface area contributed by atoms with Crippen LogP contribution in [0.1, 0.15) is 15.9 Å². The van der Waals surface area contributed by atoms with Crippen molar-refractivity contribution in [2.75, 3.05) is 11.6 Å². The van der Waals surface area contributed by atoms with E-state index in [9.17, 15) is 23.5 Å². The second kappa shape index (κ2) is 9.60. The predicted molar refractivity (Wildman–Crippen MR) is 130 cm³/mol. The number of nitrogens with one attached hydrogen (secondary N) is 2. The lowest BCUT2D eigenvalue weighted by Crippen LogP contribution is -2.57. The molecule has 2 atom stereocenters. The lowest BCUT2D eigenvalue weighted by Gasteiger charge is -2.40. The average molecular weight is 510 g/mol. The predicted octanol–water partition coefficient (Wildman–Crippen LogP) is 4.20. The molecule has 6 nitrogen and oxygen atoms in total. The quantitative estimate of drug-likeness (QED) is 0.275. The minimum Gasteiger partial charge on any atom is -0.373 e. The molecule has 0 saturated heterocycles. The lowest BCUT2D eigenvalue weighted by atomic mass is 9.88. The number of rotatable bonds is 5. The molecule has 0 saturated carbocycles. The van der Waals surface area contributed by atoms with Crippen molar-refractivity contribution in [1.82, 2.24) is 5.32 Å². The highest BCUT2D eigenvalue weighted by Gasteiger charge is 2.51. The van der Waals surface area contributed by atoms with Crippen molar-refractivity contribution in [3.63, 3.8) is 0 Å². The van der Waals surface area contributed by atoms with E-state index in [2.05, 4.69) is 10.6 Å². The number of para-hydroxylation sites is 1.